The van der Waals surface area contributed by atoms with Crippen molar-refractivity contribution in [2.24, 2.45) is 5.92 Å². The Morgan fingerprint density at radius 1 is 1.06 bits per heavy atom. The molecule has 1 saturated carbocycles. The van der Waals surface area contributed by atoms with Gasteiger partial charge in [0.15, 0.2) is 0 Å². The molecule has 0 aromatic heterocycles. The van der Waals surface area contributed by atoms with Crippen molar-refractivity contribution in [3.63, 3.8) is 0 Å². The summed E-state index contributed by atoms with van der Waals surface area (Å²) in [5.41, 5.74) is 1.48. The normalized spacial score (nSPS) is 19.9. The molecule has 1 unspecified atom stereocenters. The second-order valence-electron chi connectivity index (χ2n) is 5.03. The fourth-order valence-electron chi connectivity index (χ4n) is 2.95. The molecule has 1 aromatic rings. The van der Waals surface area contributed by atoms with E-state index in [9.17, 15) is 0 Å². The fraction of sp³-hybridized carbons (Fsp3) is 0.600. The van der Waals surface area contributed by atoms with Crippen LogP contribution in [0.4, 0.5) is 0 Å². The van der Waals surface area contributed by atoms with E-state index in [1.165, 1.54) is 48.6 Å². The molecule has 0 nitrogen and oxygen atoms in total. The third-order valence-corrected chi connectivity index (χ3v) is 5.36. The van der Waals surface area contributed by atoms with Crippen molar-refractivity contribution in [2.75, 3.05) is 5.33 Å². The smallest absolute Gasteiger partial charge is 0.0210 e. The fourth-order valence-corrected chi connectivity index (χ4v) is 4.41. The van der Waals surface area contributed by atoms with Crippen LogP contribution in [0, 0.1) is 5.92 Å². The van der Waals surface area contributed by atoms with E-state index in [4.69, 9.17) is 0 Å². The lowest BCUT2D eigenvalue weighted by atomic mass is 9.83. The highest BCUT2D eigenvalue weighted by Crippen LogP contribution is 2.38. The van der Waals surface area contributed by atoms with Crippen molar-refractivity contribution >= 4 is 31.9 Å². The average Bonchev–Trinajstić information content (AvgIpc) is 2.62. The van der Waals surface area contributed by atoms with E-state index in [1.807, 2.05) is 0 Å². The number of halogens is 2. The van der Waals surface area contributed by atoms with Crippen LogP contribution in [-0.4, -0.2) is 5.33 Å². The molecule has 0 N–H and O–H groups in total. The van der Waals surface area contributed by atoms with Crippen LogP contribution in [0.15, 0.2) is 28.7 Å². The van der Waals surface area contributed by atoms with Crippen LogP contribution in [0.3, 0.4) is 0 Å². The van der Waals surface area contributed by atoms with Gasteiger partial charge in [0.25, 0.3) is 0 Å². The highest BCUT2D eigenvalue weighted by atomic mass is 79.9. The summed E-state index contributed by atoms with van der Waals surface area (Å²) in [5.74, 6) is 1.53. The van der Waals surface area contributed by atoms with Gasteiger partial charge in [0.2, 0.25) is 0 Å². The third kappa shape index (κ3) is 3.57. The SMILES string of the molecule is BrCC(c1ccccc1Br)C1CCCCCC1. The van der Waals surface area contributed by atoms with Gasteiger partial charge in [0.05, 0.1) is 0 Å². The molecule has 0 saturated heterocycles. The Balaban J connectivity index is 2.17. The number of hydrogen-bond donors (Lipinski definition) is 0. The summed E-state index contributed by atoms with van der Waals surface area (Å²) in [6.07, 6.45) is 8.50. The van der Waals surface area contributed by atoms with Gasteiger partial charge in [0, 0.05) is 9.80 Å². The zero-order valence-electron chi connectivity index (χ0n) is 10.2. The van der Waals surface area contributed by atoms with Crippen LogP contribution < -0.4 is 0 Å². The molecule has 0 spiro atoms. The number of hydrogen-bond acceptors (Lipinski definition) is 0. The van der Waals surface area contributed by atoms with Gasteiger partial charge in [-0.15, -0.1) is 0 Å². The van der Waals surface area contributed by atoms with Crippen LogP contribution in [0.1, 0.15) is 50.0 Å². The summed E-state index contributed by atoms with van der Waals surface area (Å²) < 4.78 is 1.27. The van der Waals surface area contributed by atoms with E-state index in [2.05, 4.69) is 56.1 Å². The van der Waals surface area contributed by atoms with Crippen molar-refractivity contribution in [3.8, 4) is 0 Å². The van der Waals surface area contributed by atoms with Gasteiger partial charge in [0.1, 0.15) is 0 Å². The van der Waals surface area contributed by atoms with E-state index in [0.29, 0.717) is 5.92 Å². The highest BCUT2D eigenvalue weighted by Gasteiger charge is 2.24. The number of rotatable bonds is 3. The van der Waals surface area contributed by atoms with Crippen molar-refractivity contribution in [2.45, 2.75) is 44.4 Å². The van der Waals surface area contributed by atoms with E-state index >= 15 is 0 Å². The quantitative estimate of drug-likeness (QED) is 0.465. The lowest BCUT2D eigenvalue weighted by Crippen LogP contribution is -2.14. The molecule has 17 heavy (non-hydrogen) atoms. The third-order valence-electron chi connectivity index (χ3n) is 3.94. The van der Waals surface area contributed by atoms with Crippen molar-refractivity contribution in [1.29, 1.82) is 0 Å². The molecular weight excluding hydrogens is 340 g/mol. The first-order chi connectivity index (χ1) is 8.33. The number of alkyl halides is 1. The maximum absolute atomic E-state index is 3.73. The molecule has 0 amide bonds. The van der Waals surface area contributed by atoms with Gasteiger partial charge < -0.3 is 0 Å². The molecule has 0 aliphatic heterocycles. The molecular formula is C15H20Br2. The van der Waals surface area contributed by atoms with Crippen molar-refractivity contribution < 1.29 is 0 Å². The second-order valence-corrected chi connectivity index (χ2v) is 6.54. The zero-order chi connectivity index (χ0) is 12.1. The summed E-state index contributed by atoms with van der Waals surface area (Å²) in [6, 6.07) is 8.71. The Morgan fingerprint density at radius 2 is 1.71 bits per heavy atom. The van der Waals surface area contributed by atoms with Gasteiger partial charge in [-0.3, -0.25) is 0 Å². The van der Waals surface area contributed by atoms with Gasteiger partial charge >= 0.3 is 0 Å². The van der Waals surface area contributed by atoms with Gasteiger partial charge in [-0.1, -0.05) is 75.7 Å². The Bertz CT molecular complexity index is 341. The maximum atomic E-state index is 3.73. The Hall–Kier alpha value is 0.180. The van der Waals surface area contributed by atoms with Crippen LogP contribution in [0.5, 0.6) is 0 Å². The van der Waals surface area contributed by atoms with Gasteiger partial charge in [-0.2, -0.15) is 0 Å². The highest BCUT2D eigenvalue weighted by molar-refractivity contribution is 9.10. The molecule has 1 fully saturated rings. The lowest BCUT2D eigenvalue weighted by molar-refractivity contribution is 0.399. The lowest BCUT2D eigenvalue weighted by Gasteiger charge is -2.25. The maximum Gasteiger partial charge on any atom is 0.0210 e. The first-order valence-corrected chi connectivity index (χ1v) is 8.54. The molecule has 0 heterocycles. The zero-order valence-corrected chi connectivity index (χ0v) is 13.3. The molecule has 1 aliphatic rings. The largest absolute Gasteiger partial charge is 0.0921 e. The summed E-state index contributed by atoms with van der Waals surface area (Å²) >= 11 is 7.43. The summed E-state index contributed by atoms with van der Waals surface area (Å²) in [7, 11) is 0. The predicted octanol–water partition coefficient (Wildman–Crippen LogP) is 5.90. The molecule has 0 radical (unpaired) electrons. The Kier molecular flexibility index (Phi) is 5.55. The average molecular weight is 360 g/mol. The molecule has 1 aromatic carbocycles. The summed E-state index contributed by atoms with van der Waals surface area (Å²) in [5, 5.41) is 1.08. The second kappa shape index (κ2) is 6.94. The van der Waals surface area contributed by atoms with E-state index in [-0.39, 0.29) is 0 Å². The molecule has 0 bridgehead atoms. The van der Waals surface area contributed by atoms with Crippen molar-refractivity contribution in [3.05, 3.63) is 34.3 Å². The minimum atomic E-state index is 0.670. The van der Waals surface area contributed by atoms with Crippen LogP contribution in [0.25, 0.3) is 0 Å². The Morgan fingerprint density at radius 3 is 2.29 bits per heavy atom. The molecule has 1 atom stereocenters. The van der Waals surface area contributed by atoms with Gasteiger partial charge in [-0.05, 0) is 36.3 Å². The van der Waals surface area contributed by atoms with E-state index < -0.39 is 0 Å². The molecule has 94 valence electrons. The van der Waals surface area contributed by atoms with E-state index in [1.54, 1.807) is 0 Å². The minimum Gasteiger partial charge on any atom is -0.0921 e. The number of benzene rings is 1. The molecule has 1 aliphatic carbocycles. The van der Waals surface area contributed by atoms with Crippen LogP contribution >= 0.6 is 31.9 Å². The van der Waals surface area contributed by atoms with E-state index in [0.717, 1.165) is 11.2 Å². The molecule has 2 rings (SSSR count). The van der Waals surface area contributed by atoms with Gasteiger partial charge in [-0.25, -0.2) is 0 Å². The first-order valence-electron chi connectivity index (χ1n) is 6.63. The monoisotopic (exact) mass is 358 g/mol. The topological polar surface area (TPSA) is 0 Å². The first kappa shape index (κ1) is 13.6. The Labute approximate surface area is 121 Å². The summed E-state index contributed by atoms with van der Waals surface area (Å²) in [6.45, 7) is 0. The van der Waals surface area contributed by atoms with Crippen LogP contribution in [0.2, 0.25) is 0 Å². The van der Waals surface area contributed by atoms with Crippen LogP contribution in [-0.2, 0) is 0 Å². The predicted molar refractivity (Wildman–Crippen MR) is 81.9 cm³/mol. The van der Waals surface area contributed by atoms with Crippen molar-refractivity contribution in [1.82, 2.24) is 0 Å². The molecule has 2 heteroatoms. The minimum absolute atomic E-state index is 0.670. The summed E-state index contributed by atoms with van der Waals surface area (Å²) in [4.78, 5) is 0. The standard InChI is InChI=1S/C15H20Br2/c16-11-14(12-7-3-1-2-4-8-12)13-9-5-6-10-15(13)17/h5-6,9-10,12,14H,1-4,7-8,11H2.